The third-order valence-corrected chi connectivity index (χ3v) is 4.84. The number of rotatable bonds is 7. The maximum absolute atomic E-state index is 12.5. The number of carbonyl (C=O) groups excluding carboxylic acids is 2. The van der Waals surface area contributed by atoms with Gasteiger partial charge >= 0.3 is 0 Å². The highest BCUT2D eigenvalue weighted by molar-refractivity contribution is 7.84. The van der Waals surface area contributed by atoms with Crippen LogP contribution in [0.4, 0.5) is 5.69 Å². The topological polar surface area (TPSA) is 66.5 Å². The average molecular weight is 370 g/mol. The molecule has 0 saturated heterocycles. The van der Waals surface area contributed by atoms with Crippen molar-refractivity contribution in [3.8, 4) is 0 Å². The Morgan fingerprint density at radius 3 is 2.42 bits per heavy atom. The predicted molar refractivity (Wildman–Crippen MR) is 104 cm³/mol. The van der Waals surface area contributed by atoms with Gasteiger partial charge in [-0.2, -0.15) is 0 Å². The van der Waals surface area contributed by atoms with Crippen molar-refractivity contribution in [3.63, 3.8) is 0 Å². The number of nitrogens with zero attached hydrogens (tertiary/aromatic N) is 1. The highest BCUT2D eigenvalue weighted by Gasteiger charge is 2.13. The summed E-state index contributed by atoms with van der Waals surface area (Å²) >= 11 is 0. The number of carbonyl (C=O) groups is 2. The van der Waals surface area contributed by atoms with E-state index in [2.05, 4.69) is 11.9 Å². The first kappa shape index (κ1) is 19.6. The first-order chi connectivity index (χ1) is 12.4. The number of nitrogens with one attached hydrogen (secondary N) is 1. The van der Waals surface area contributed by atoms with Crippen molar-refractivity contribution in [3.05, 3.63) is 72.3 Å². The Bertz CT molecular complexity index is 831. The van der Waals surface area contributed by atoms with Crippen LogP contribution in [-0.2, 0) is 33.4 Å². The molecule has 1 N–H and O–H groups in total. The number of amides is 2. The highest BCUT2D eigenvalue weighted by Crippen LogP contribution is 2.17. The fourth-order valence-corrected chi connectivity index (χ4v) is 2.95. The summed E-state index contributed by atoms with van der Waals surface area (Å²) in [5, 5.41) is 2.71. The summed E-state index contributed by atoms with van der Waals surface area (Å²) in [5.74, 6) is -0.375. The molecule has 2 aromatic carbocycles. The lowest BCUT2D eigenvalue weighted by molar-refractivity contribution is -0.129. The van der Waals surface area contributed by atoms with Gasteiger partial charge < -0.3 is 10.2 Å². The lowest BCUT2D eigenvalue weighted by Crippen LogP contribution is -2.28. The quantitative estimate of drug-likeness (QED) is 0.762. The first-order valence-electron chi connectivity index (χ1n) is 8.08. The number of hydrogen-bond acceptors (Lipinski definition) is 3. The number of para-hydroxylation sites is 1. The maximum Gasteiger partial charge on any atom is 0.247 e. The van der Waals surface area contributed by atoms with E-state index < -0.39 is 10.8 Å². The smallest absolute Gasteiger partial charge is 0.247 e. The average Bonchev–Trinajstić information content (AvgIpc) is 2.63. The summed E-state index contributed by atoms with van der Waals surface area (Å²) < 4.78 is 11.4. The van der Waals surface area contributed by atoms with Gasteiger partial charge in [-0.1, -0.05) is 36.9 Å². The molecule has 0 radical (unpaired) electrons. The van der Waals surface area contributed by atoms with Crippen molar-refractivity contribution >= 4 is 28.3 Å². The second-order valence-corrected chi connectivity index (χ2v) is 7.25. The molecule has 0 aromatic heterocycles. The van der Waals surface area contributed by atoms with Gasteiger partial charge in [0.25, 0.3) is 0 Å². The minimum atomic E-state index is -1.02. The molecule has 0 bridgehead atoms. The van der Waals surface area contributed by atoms with Gasteiger partial charge in [-0.15, -0.1) is 0 Å². The molecule has 0 aliphatic carbocycles. The Hall–Kier alpha value is -2.73. The minimum Gasteiger partial charge on any atom is -0.341 e. The Morgan fingerprint density at radius 1 is 1.15 bits per heavy atom. The van der Waals surface area contributed by atoms with Gasteiger partial charge in [-0.05, 0) is 35.4 Å². The van der Waals surface area contributed by atoms with Gasteiger partial charge in [0.05, 0.1) is 6.42 Å². The zero-order chi connectivity index (χ0) is 19.1. The molecule has 6 heteroatoms. The van der Waals surface area contributed by atoms with E-state index in [-0.39, 0.29) is 18.2 Å². The summed E-state index contributed by atoms with van der Waals surface area (Å²) in [6.07, 6.45) is 3.01. The molecule has 5 nitrogen and oxygen atoms in total. The molecule has 2 aromatic rings. The van der Waals surface area contributed by atoms with E-state index in [0.717, 1.165) is 16.0 Å². The largest absolute Gasteiger partial charge is 0.341 e. The van der Waals surface area contributed by atoms with Crippen LogP contribution in [-0.4, -0.2) is 34.2 Å². The summed E-state index contributed by atoms with van der Waals surface area (Å²) in [6, 6.07) is 14.6. The van der Waals surface area contributed by atoms with Crippen molar-refractivity contribution in [2.75, 3.05) is 18.6 Å². The third kappa shape index (κ3) is 5.39. The van der Waals surface area contributed by atoms with Crippen molar-refractivity contribution in [2.24, 2.45) is 0 Å². The van der Waals surface area contributed by atoms with Crippen molar-refractivity contribution in [2.45, 2.75) is 17.9 Å². The molecular weight excluding hydrogens is 348 g/mol. The van der Waals surface area contributed by atoms with E-state index in [9.17, 15) is 13.8 Å². The second-order valence-electron chi connectivity index (χ2n) is 5.88. The maximum atomic E-state index is 12.5. The molecule has 0 fully saturated rings. The van der Waals surface area contributed by atoms with E-state index >= 15 is 0 Å². The van der Waals surface area contributed by atoms with E-state index in [1.807, 2.05) is 36.4 Å². The molecule has 0 spiro atoms. The van der Waals surface area contributed by atoms with Crippen molar-refractivity contribution in [1.29, 1.82) is 0 Å². The zero-order valence-electron chi connectivity index (χ0n) is 14.9. The van der Waals surface area contributed by atoms with Crippen LogP contribution >= 0.6 is 0 Å². The van der Waals surface area contributed by atoms with E-state index in [0.29, 0.717) is 12.2 Å². The van der Waals surface area contributed by atoms with Crippen LogP contribution in [0.1, 0.15) is 11.1 Å². The molecule has 1 atom stereocenters. The van der Waals surface area contributed by atoms with Gasteiger partial charge in [-0.25, -0.2) is 0 Å². The molecule has 2 rings (SSSR count). The van der Waals surface area contributed by atoms with Crippen LogP contribution in [0.3, 0.4) is 0 Å². The fourth-order valence-electron chi connectivity index (χ4n) is 2.43. The Morgan fingerprint density at radius 2 is 1.81 bits per heavy atom. The molecule has 0 heterocycles. The van der Waals surface area contributed by atoms with Gasteiger partial charge in [0.15, 0.2) is 0 Å². The van der Waals surface area contributed by atoms with Crippen molar-refractivity contribution in [1.82, 2.24) is 4.90 Å². The molecule has 0 aliphatic rings. The SMILES string of the molecule is C=CC(=O)Nc1ccccc1CC(=O)N(C)Cc1ccc(S(C)=O)cc1. The molecule has 136 valence electrons. The standard InChI is InChI=1S/C20H22N2O3S/c1-4-19(23)21-18-8-6-5-7-16(18)13-20(24)22(2)14-15-9-11-17(12-10-15)26(3)25/h4-12H,1,13-14H2,2-3H3,(H,21,23). The highest BCUT2D eigenvalue weighted by atomic mass is 32.2. The summed E-state index contributed by atoms with van der Waals surface area (Å²) in [7, 11) is 0.719. The number of benzene rings is 2. The van der Waals surface area contributed by atoms with E-state index in [4.69, 9.17) is 0 Å². The summed E-state index contributed by atoms with van der Waals surface area (Å²) in [5.41, 5.74) is 2.31. The van der Waals surface area contributed by atoms with Crippen molar-refractivity contribution < 1.29 is 13.8 Å². The van der Waals surface area contributed by atoms with Crippen LogP contribution in [0.5, 0.6) is 0 Å². The van der Waals surface area contributed by atoms with Crippen LogP contribution in [0.2, 0.25) is 0 Å². The Kier molecular flexibility index (Phi) is 6.86. The Labute approximate surface area is 156 Å². The number of hydrogen-bond donors (Lipinski definition) is 1. The Balaban J connectivity index is 2.04. The zero-order valence-corrected chi connectivity index (χ0v) is 15.7. The molecule has 1 unspecified atom stereocenters. The fraction of sp³-hybridized carbons (Fsp3) is 0.200. The monoisotopic (exact) mass is 370 g/mol. The molecule has 26 heavy (non-hydrogen) atoms. The molecule has 2 amide bonds. The van der Waals surface area contributed by atoms with E-state index in [1.54, 1.807) is 30.3 Å². The summed E-state index contributed by atoms with van der Waals surface area (Å²) in [6.45, 7) is 3.89. The molecule has 0 aliphatic heterocycles. The van der Waals surface area contributed by atoms with Crippen LogP contribution in [0, 0.1) is 0 Å². The predicted octanol–water partition coefficient (Wildman–Crippen LogP) is 2.75. The van der Waals surface area contributed by atoms with E-state index in [1.165, 1.54) is 6.08 Å². The lowest BCUT2D eigenvalue weighted by Gasteiger charge is -2.18. The second kappa shape index (κ2) is 9.10. The van der Waals surface area contributed by atoms with Gasteiger partial charge in [0.1, 0.15) is 0 Å². The van der Waals surface area contributed by atoms with Crippen LogP contribution in [0.25, 0.3) is 0 Å². The normalized spacial score (nSPS) is 11.5. The van der Waals surface area contributed by atoms with Gasteiger partial charge in [0, 0.05) is 41.2 Å². The van der Waals surface area contributed by atoms with Crippen LogP contribution in [0.15, 0.2) is 66.1 Å². The van der Waals surface area contributed by atoms with Gasteiger partial charge in [-0.3, -0.25) is 13.8 Å². The number of likely N-dealkylation sites (N-methyl/N-ethyl adjacent to an activating group) is 1. The summed E-state index contributed by atoms with van der Waals surface area (Å²) in [4.78, 5) is 26.5. The molecule has 0 saturated carbocycles. The minimum absolute atomic E-state index is 0.0616. The first-order valence-corrected chi connectivity index (χ1v) is 9.64. The van der Waals surface area contributed by atoms with Crippen LogP contribution < -0.4 is 5.32 Å². The third-order valence-electron chi connectivity index (χ3n) is 3.90. The number of anilines is 1. The van der Waals surface area contributed by atoms with Gasteiger partial charge in [0.2, 0.25) is 11.8 Å². The lowest BCUT2D eigenvalue weighted by atomic mass is 10.1. The molecular formula is C20H22N2O3S.